The van der Waals surface area contributed by atoms with Crippen LogP contribution in [0.2, 0.25) is 0 Å². The van der Waals surface area contributed by atoms with E-state index in [2.05, 4.69) is 5.32 Å². The van der Waals surface area contributed by atoms with E-state index < -0.39 is 23.2 Å². The van der Waals surface area contributed by atoms with E-state index in [1.807, 2.05) is 48.5 Å². The van der Waals surface area contributed by atoms with E-state index >= 15 is 0 Å². The largest absolute Gasteiger partial charge is 0.449 e. The fourth-order valence-corrected chi connectivity index (χ4v) is 4.60. The Kier molecular flexibility index (Phi) is 5.99. The van der Waals surface area contributed by atoms with Crippen molar-refractivity contribution in [1.29, 1.82) is 0 Å². The molecule has 31 heavy (non-hydrogen) atoms. The molecule has 2 unspecified atom stereocenters. The molecule has 8 nitrogen and oxygen atoms in total. The molecular weight excluding hydrogens is 420 g/mol. The first kappa shape index (κ1) is 21.0. The lowest BCUT2D eigenvalue weighted by Crippen LogP contribution is -2.36. The number of alkyl carbamates (subject to hydrolysis) is 1. The first-order chi connectivity index (χ1) is 15.0. The van der Waals surface area contributed by atoms with Crippen molar-refractivity contribution >= 4 is 22.4 Å². The molecule has 0 saturated carbocycles. The molecule has 9 heteroatoms. The quantitative estimate of drug-likeness (QED) is 0.381. The molecule has 0 bridgehead atoms. The zero-order valence-electron chi connectivity index (χ0n) is 16.3. The molecule has 0 aliphatic heterocycles. The van der Waals surface area contributed by atoms with Crippen LogP contribution in [0.5, 0.6) is 0 Å². The number of carbonyl (C=O) groups is 1. The second-order valence-corrected chi connectivity index (χ2v) is 8.25. The Morgan fingerprint density at radius 1 is 1.06 bits per heavy atom. The summed E-state index contributed by atoms with van der Waals surface area (Å²) >= 11 is 0.773. The zero-order chi connectivity index (χ0) is 22.0. The van der Waals surface area contributed by atoms with Crippen molar-refractivity contribution in [1.82, 2.24) is 5.32 Å². The molecular formula is C22H20N2O6S. The minimum atomic E-state index is -1.35. The van der Waals surface area contributed by atoms with Crippen molar-refractivity contribution in [3.8, 4) is 11.1 Å². The number of benzene rings is 2. The van der Waals surface area contributed by atoms with E-state index in [-0.39, 0.29) is 28.9 Å². The summed E-state index contributed by atoms with van der Waals surface area (Å²) in [4.78, 5) is 22.6. The molecule has 3 N–H and O–H groups in total. The van der Waals surface area contributed by atoms with Gasteiger partial charge >= 0.3 is 11.1 Å². The summed E-state index contributed by atoms with van der Waals surface area (Å²) < 4.78 is 5.38. The maximum Gasteiger partial charge on any atom is 0.407 e. The van der Waals surface area contributed by atoms with Crippen LogP contribution in [0.3, 0.4) is 0 Å². The molecule has 2 atom stereocenters. The minimum absolute atomic E-state index is 0.0830. The zero-order valence-corrected chi connectivity index (χ0v) is 17.1. The number of aliphatic hydroxyl groups excluding tert-OH is 2. The first-order valence-electron chi connectivity index (χ1n) is 9.65. The highest BCUT2D eigenvalue weighted by Gasteiger charge is 2.29. The van der Waals surface area contributed by atoms with Crippen LogP contribution in [0.25, 0.3) is 11.1 Å². The topological polar surface area (TPSA) is 122 Å². The molecule has 0 saturated heterocycles. The van der Waals surface area contributed by atoms with Crippen molar-refractivity contribution in [3.63, 3.8) is 0 Å². The van der Waals surface area contributed by atoms with Gasteiger partial charge in [-0.05, 0) is 28.3 Å². The molecule has 2 aromatic carbocycles. The molecule has 1 aliphatic carbocycles. The second kappa shape index (κ2) is 8.84. The number of ether oxygens (including phenoxy) is 1. The Bertz CT molecular complexity index is 1070. The summed E-state index contributed by atoms with van der Waals surface area (Å²) in [6.07, 6.45) is -3.41. The molecule has 1 heterocycles. The summed E-state index contributed by atoms with van der Waals surface area (Å²) in [7, 11) is 0. The number of aliphatic hydroxyl groups is 2. The van der Waals surface area contributed by atoms with Crippen LogP contribution < -0.4 is 5.32 Å². The van der Waals surface area contributed by atoms with Crippen LogP contribution in [0.4, 0.5) is 9.80 Å². The molecule has 1 amide bonds. The Labute approximate surface area is 181 Å². The summed E-state index contributed by atoms with van der Waals surface area (Å²) in [6.45, 7) is -0.126. The third kappa shape index (κ3) is 4.29. The summed E-state index contributed by atoms with van der Waals surface area (Å²) in [5.41, 5.74) is 4.42. The first-order valence-corrected chi connectivity index (χ1v) is 10.5. The van der Waals surface area contributed by atoms with Crippen LogP contribution in [-0.2, 0) is 4.74 Å². The molecule has 0 fully saturated rings. The van der Waals surface area contributed by atoms with Gasteiger partial charge in [-0.25, -0.2) is 4.79 Å². The molecule has 1 aliphatic rings. The predicted octanol–water partition coefficient (Wildman–Crippen LogP) is 3.59. The van der Waals surface area contributed by atoms with E-state index in [1.54, 1.807) is 0 Å². The maximum absolute atomic E-state index is 12.2. The number of carbonyl (C=O) groups excluding carboxylic acids is 1. The van der Waals surface area contributed by atoms with Gasteiger partial charge in [0.2, 0.25) is 0 Å². The normalized spacial score (nSPS) is 14.4. The summed E-state index contributed by atoms with van der Waals surface area (Å²) in [5, 5.41) is 33.3. The highest BCUT2D eigenvalue weighted by molar-refractivity contribution is 7.15. The number of nitrogens with one attached hydrogen (secondary N) is 1. The number of amides is 1. The smallest absolute Gasteiger partial charge is 0.407 e. The highest BCUT2D eigenvalue weighted by atomic mass is 32.1. The Balaban J connectivity index is 1.33. The second-order valence-electron chi connectivity index (χ2n) is 7.15. The Morgan fingerprint density at radius 2 is 1.68 bits per heavy atom. The average molecular weight is 440 g/mol. The van der Waals surface area contributed by atoms with Gasteiger partial charge in [0.1, 0.15) is 18.8 Å². The van der Waals surface area contributed by atoms with Crippen molar-refractivity contribution < 1.29 is 24.7 Å². The highest BCUT2D eigenvalue weighted by Crippen LogP contribution is 2.44. The van der Waals surface area contributed by atoms with Gasteiger partial charge in [0, 0.05) is 23.4 Å². The van der Waals surface area contributed by atoms with Crippen LogP contribution in [0, 0.1) is 10.1 Å². The van der Waals surface area contributed by atoms with Gasteiger partial charge in [0.15, 0.2) is 0 Å². The number of hydrogen-bond donors (Lipinski definition) is 3. The van der Waals surface area contributed by atoms with Crippen molar-refractivity contribution in [2.75, 3.05) is 13.2 Å². The molecule has 0 radical (unpaired) electrons. The number of fused-ring (bicyclic) bond motifs is 3. The average Bonchev–Trinajstić information content (AvgIpc) is 3.39. The third-order valence-corrected chi connectivity index (χ3v) is 6.36. The number of nitro groups is 1. The van der Waals surface area contributed by atoms with E-state index in [1.165, 1.54) is 12.1 Å². The molecule has 0 spiro atoms. The number of thiophene rings is 1. The molecule has 1 aromatic heterocycles. The van der Waals surface area contributed by atoms with Gasteiger partial charge in [-0.1, -0.05) is 59.9 Å². The van der Waals surface area contributed by atoms with Crippen LogP contribution >= 0.6 is 11.3 Å². The van der Waals surface area contributed by atoms with E-state index in [4.69, 9.17) is 4.74 Å². The van der Waals surface area contributed by atoms with Crippen molar-refractivity contribution in [2.45, 2.75) is 18.1 Å². The Hall–Kier alpha value is -3.27. The van der Waals surface area contributed by atoms with Gasteiger partial charge in [0.05, 0.1) is 4.92 Å². The van der Waals surface area contributed by atoms with E-state index in [9.17, 15) is 25.1 Å². The molecule has 160 valence electrons. The van der Waals surface area contributed by atoms with Gasteiger partial charge in [0.25, 0.3) is 0 Å². The summed E-state index contributed by atoms with van der Waals surface area (Å²) in [6, 6.07) is 18.6. The minimum Gasteiger partial charge on any atom is -0.449 e. The van der Waals surface area contributed by atoms with Gasteiger partial charge in [-0.15, -0.1) is 0 Å². The molecule has 4 rings (SSSR count). The fourth-order valence-electron chi connectivity index (χ4n) is 3.74. The number of rotatable bonds is 7. The van der Waals surface area contributed by atoms with E-state index in [0.29, 0.717) is 0 Å². The lowest BCUT2D eigenvalue weighted by atomic mass is 9.98. The number of nitrogens with zero attached hydrogens (tertiary/aromatic N) is 1. The lowest BCUT2D eigenvalue weighted by Gasteiger charge is -2.18. The van der Waals surface area contributed by atoms with E-state index in [0.717, 1.165) is 33.6 Å². The third-order valence-electron chi connectivity index (χ3n) is 5.25. The lowest BCUT2D eigenvalue weighted by molar-refractivity contribution is -0.380. The molecule has 3 aromatic rings. The Morgan fingerprint density at radius 3 is 2.26 bits per heavy atom. The van der Waals surface area contributed by atoms with Crippen LogP contribution in [0.15, 0.2) is 60.7 Å². The van der Waals surface area contributed by atoms with Crippen molar-refractivity contribution in [3.05, 3.63) is 86.8 Å². The predicted molar refractivity (Wildman–Crippen MR) is 115 cm³/mol. The maximum atomic E-state index is 12.2. The van der Waals surface area contributed by atoms with Crippen LogP contribution in [0.1, 0.15) is 28.0 Å². The van der Waals surface area contributed by atoms with Gasteiger partial charge < -0.3 is 20.3 Å². The van der Waals surface area contributed by atoms with Crippen LogP contribution in [-0.4, -0.2) is 40.5 Å². The fraction of sp³-hybridized carbons (Fsp3) is 0.227. The number of hydrogen-bond acceptors (Lipinski definition) is 7. The standard InChI is InChI=1S/C22H20N2O6S/c25-18(21(26)19-9-10-20(31-19)24(28)29)11-23-22(27)30-12-17-15-7-3-1-5-13(15)14-6-2-4-8-16(14)17/h1-10,17-18,21,25-26H,11-12H2,(H,23,27). The van der Waals surface area contributed by atoms with Gasteiger partial charge in [-0.2, -0.15) is 0 Å². The summed E-state index contributed by atoms with van der Waals surface area (Å²) in [5.74, 6) is -0.0830. The SMILES string of the molecule is O=C(NCC(O)C(O)c1ccc([N+](=O)[O-])s1)OCC1c2ccccc2-c2ccccc21. The van der Waals surface area contributed by atoms with Gasteiger partial charge in [-0.3, -0.25) is 10.1 Å². The monoisotopic (exact) mass is 440 g/mol. The van der Waals surface area contributed by atoms with Crippen molar-refractivity contribution in [2.24, 2.45) is 0 Å².